The predicted molar refractivity (Wildman–Crippen MR) is 97.5 cm³/mol. The standard InChI is InChI=1S/C19H19N3O2S/c1-21-17(23)8-7-15(20-21)19(24)22-11-9-16-14(10-12-25-16)18(22)13-5-3-2-4-6-13/h2-6,10,12,18H,7-9,11H2,1H3/t18-/m1/s1. The second kappa shape index (κ2) is 6.44. The minimum Gasteiger partial charge on any atom is -0.326 e. The van der Waals surface area contributed by atoms with Crippen LogP contribution in [0.4, 0.5) is 0 Å². The molecule has 3 heterocycles. The van der Waals surface area contributed by atoms with Crippen molar-refractivity contribution < 1.29 is 9.59 Å². The number of hydrazone groups is 1. The third-order valence-corrected chi connectivity index (χ3v) is 5.79. The maximum absolute atomic E-state index is 13.2. The van der Waals surface area contributed by atoms with E-state index in [1.54, 1.807) is 18.4 Å². The van der Waals surface area contributed by atoms with E-state index in [0.29, 0.717) is 25.1 Å². The van der Waals surface area contributed by atoms with Gasteiger partial charge in [0.25, 0.3) is 5.91 Å². The lowest BCUT2D eigenvalue weighted by Gasteiger charge is -2.37. The molecule has 0 saturated carbocycles. The third-order valence-electron chi connectivity index (χ3n) is 4.80. The van der Waals surface area contributed by atoms with Gasteiger partial charge in [-0.1, -0.05) is 30.3 Å². The highest BCUT2D eigenvalue weighted by molar-refractivity contribution is 7.10. The van der Waals surface area contributed by atoms with Gasteiger partial charge in [0.15, 0.2) is 0 Å². The first-order valence-electron chi connectivity index (χ1n) is 8.41. The first-order valence-corrected chi connectivity index (χ1v) is 9.29. The Kier molecular flexibility index (Phi) is 4.13. The van der Waals surface area contributed by atoms with Gasteiger partial charge in [-0.15, -0.1) is 11.3 Å². The number of amides is 2. The lowest BCUT2D eigenvalue weighted by molar-refractivity contribution is -0.131. The van der Waals surface area contributed by atoms with Gasteiger partial charge in [-0.3, -0.25) is 9.59 Å². The van der Waals surface area contributed by atoms with Crippen LogP contribution < -0.4 is 0 Å². The Labute approximate surface area is 150 Å². The molecule has 1 aromatic heterocycles. The van der Waals surface area contributed by atoms with E-state index in [1.165, 1.54) is 15.4 Å². The molecule has 0 N–H and O–H groups in total. The highest BCUT2D eigenvalue weighted by atomic mass is 32.1. The molecule has 0 bridgehead atoms. The number of carbonyl (C=O) groups is 2. The molecule has 128 valence electrons. The van der Waals surface area contributed by atoms with Crippen LogP contribution in [0.5, 0.6) is 0 Å². The molecule has 4 rings (SSSR count). The van der Waals surface area contributed by atoms with Gasteiger partial charge in [0.2, 0.25) is 5.91 Å². The lowest BCUT2D eigenvalue weighted by atomic mass is 9.92. The summed E-state index contributed by atoms with van der Waals surface area (Å²) in [6, 6.07) is 12.2. The number of thiophene rings is 1. The largest absolute Gasteiger partial charge is 0.326 e. The van der Waals surface area contributed by atoms with Crippen LogP contribution in [0, 0.1) is 0 Å². The Morgan fingerprint density at radius 1 is 1.16 bits per heavy atom. The van der Waals surface area contributed by atoms with Crippen molar-refractivity contribution in [3.8, 4) is 0 Å². The number of carbonyl (C=O) groups excluding carboxylic acids is 2. The van der Waals surface area contributed by atoms with Crippen LogP contribution in [0.2, 0.25) is 0 Å². The molecule has 2 amide bonds. The first kappa shape index (κ1) is 16.0. The minimum absolute atomic E-state index is 0.0464. The van der Waals surface area contributed by atoms with Crippen molar-refractivity contribution in [2.75, 3.05) is 13.6 Å². The summed E-state index contributed by atoms with van der Waals surface area (Å²) in [6.07, 6.45) is 1.62. The normalized spacial score (nSPS) is 20.3. The maximum atomic E-state index is 13.2. The molecule has 1 atom stereocenters. The van der Waals surface area contributed by atoms with E-state index < -0.39 is 0 Å². The molecule has 0 fully saturated rings. The van der Waals surface area contributed by atoms with Crippen molar-refractivity contribution in [1.29, 1.82) is 0 Å². The Morgan fingerprint density at radius 2 is 1.96 bits per heavy atom. The number of hydrogen-bond acceptors (Lipinski definition) is 4. The van der Waals surface area contributed by atoms with Gasteiger partial charge >= 0.3 is 0 Å². The molecule has 0 radical (unpaired) electrons. The Hall–Kier alpha value is -2.47. The third kappa shape index (κ3) is 2.87. The second-order valence-corrected chi connectivity index (χ2v) is 7.33. The molecule has 2 aliphatic heterocycles. The van der Waals surface area contributed by atoms with E-state index in [2.05, 4.69) is 28.7 Å². The highest BCUT2D eigenvalue weighted by Crippen LogP contribution is 2.38. The van der Waals surface area contributed by atoms with Gasteiger partial charge in [0.1, 0.15) is 5.71 Å². The summed E-state index contributed by atoms with van der Waals surface area (Å²) in [5, 5.41) is 7.60. The molecule has 5 nitrogen and oxygen atoms in total. The molecule has 2 aliphatic rings. The van der Waals surface area contributed by atoms with Crippen molar-refractivity contribution in [3.05, 3.63) is 57.8 Å². The summed E-state index contributed by atoms with van der Waals surface area (Å²) in [6.45, 7) is 0.669. The highest BCUT2D eigenvalue weighted by Gasteiger charge is 2.35. The van der Waals surface area contributed by atoms with Gasteiger partial charge in [-0.2, -0.15) is 5.10 Å². The molecule has 2 aromatic rings. The first-order chi connectivity index (χ1) is 12.1. The van der Waals surface area contributed by atoms with Crippen molar-refractivity contribution in [2.24, 2.45) is 5.10 Å². The van der Waals surface area contributed by atoms with Crippen LogP contribution in [-0.4, -0.2) is 41.0 Å². The summed E-state index contributed by atoms with van der Waals surface area (Å²) in [7, 11) is 1.61. The molecule has 0 aliphatic carbocycles. The smallest absolute Gasteiger partial charge is 0.270 e. The fraction of sp³-hybridized carbons (Fsp3) is 0.316. The average molecular weight is 353 g/mol. The van der Waals surface area contributed by atoms with Gasteiger partial charge in [-0.25, -0.2) is 5.01 Å². The van der Waals surface area contributed by atoms with E-state index >= 15 is 0 Å². The van der Waals surface area contributed by atoms with Gasteiger partial charge in [-0.05, 0) is 29.0 Å². The zero-order valence-corrected chi connectivity index (χ0v) is 14.8. The summed E-state index contributed by atoms with van der Waals surface area (Å²) in [5.74, 6) is -0.111. The predicted octanol–water partition coefficient (Wildman–Crippen LogP) is 2.83. The van der Waals surface area contributed by atoms with Crippen molar-refractivity contribution in [2.45, 2.75) is 25.3 Å². The Morgan fingerprint density at radius 3 is 2.72 bits per heavy atom. The Bertz CT molecular complexity index is 843. The number of hydrogen-bond donors (Lipinski definition) is 0. The molecular formula is C19H19N3O2S. The average Bonchev–Trinajstić information content (AvgIpc) is 3.12. The van der Waals surface area contributed by atoms with Crippen LogP contribution in [0.3, 0.4) is 0 Å². The van der Waals surface area contributed by atoms with E-state index in [1.807, 2.05) is 23.1 Å². The fourth-order valence-corrected chi connectivity index (χ4v) is 4.42. The van der Waals surface area contributed by atoms with Gasteiger partial charge in [0, 0.05) is 31.3 Å². The quantitative estimate of drug-likeness (QED) is 0.834. The summed E-state index contributed by atoms with van der Waals surface area (Å²) < 4.78 is 0. The topological polar surface area (TPSA) is 53.0 Å². The van der Waals surface area contributed by atoms with Crippen LogP contribution in [0.15, 0.2) is 46.9 Å². The van der Waals surface area contributed by atoms with Gasteiger partial charge in [0.05, 0.1) is 6.04 Å². The number of rotatable bonds is 2. The van der Waals surface area contributed by atoms with Crippen molar-refractivity contribution >= 4 is 28.9 Å². The number of nitrogens with zero attached hydrogens (tertiary/aromatic N) is 3. The summed E-state index contributed by atoms with van der Waals surface area (Å²) in [4.78, 5) is 28.1. The Balaban J connectivity index is 1.72. The van der Waals surface area contributed by atoms with E-state index in [0.717, 1.165) is 12.0 Å². The van der Waals surface area contributed by atoms with Gasteiger partial charge < -0.3 is 4.90 Å². The monoisotopic (exact) mass is 353 g/mol. The van der Waals surface area contributed by atoms with Crippen molar-refractivity contribution in [1.82, 2.24) is 9.91 Å². The zero-order valence-electron chi connectivity index (χ0n) is 14.0. The molecule has 0 spiro atoms. The van der Waals surface area contributed by atoms with Crippen LogP contribution in [-0.2, 0) is 16.0 Å². The van der Waals surface area contributed by atoms with Crippen LogP contribution in [0.1, 0.15) is 34.9 Å². The molecule has 0 saturated heterocycles. The lowest BCUT2D eigenvalue weighted by Crippen LogP contribution is -2.45. The summed E-state index contributed by atoms with van der Waals surface area (Å²) in [5.41, 5.74) is 2.79. The summed E-state index contributed by atoms with van der Waals surface area (Å²) >= 11 is 1.75. The number of fused-ring (bicyclic) bond motifs is 1. The van der Waals surface area contributed by atoms with Crippen LogP contribution in [0.25, 0.3) is 0 Å². The fourth-order valence-electron chi connectivity index (χ4n) is 3.52. The second-order valence-electron chi connectivity index (χ2n) is 6.32. The molecule has 6 heteroatoms. The van der Waals surface area contributed by atoms with Crippen molar-refractivity contribution in [3.63, 3.8) is 0 Å². The maximum Gasteiger partial charge on any atom is 0.270 e. The zero-order chi connectivity index (χ0) is 17.4. The van der Waals surface area contributed by atoms with Crippen LogP contribution >= 0.6 is 11.3 Å². The number of benzene rings is 1. The minimum atomic E-state index is -0.0886. The molecular weight excluding hydrogens is 334 g/mol. The molecule has 25 heavy (non-hydrogen) atoms. The van der Waals surface area contributed by atoms with E-state index in [-0.39, 0.29) is 17.9 Å². The molecule has 0 unspecified atom stereocenters. The SMILES string of the molecule is CN1N=C(C(=O)N2CCc3sccc3[C@H]2c2ccccc2)CCC1=O. The van der Waals surface area contributed by atoms with E-state index in [4.69, 9.17) is 0 Å². The molecule has 1 aromatic carbocycles. The van der Waals surface area contributed by atoms with E-state index in [9.17, 15) is 9.59 Å².